The highest BCUT2D eigenvalue weighted by Gasteiger charge is 2.20. The van der Waals surface area contributed by atoms with Gasteiger partial charge in [-0.15, -0.1) is 0 Å². The molecule has 0 aromatic heterocycles. The lowest BCUT2D eigenvalue weighted by atomic mass is 10.1. The van der Waals surface area contributed by atoms with Gasteiger partial charge < -0.3 is 5.32 Å². The summed E-state index contributed by atoms with van der Waals surface area (Å²) < 4.78 is 27.1. The maximum atomic E-state index is 13.5. The second-order valence-electron chi connectivity index (χ2n) is 4.28. The van der Waals surface area contributed by atoms with Gasteiger partial charge in [-0.1, -0.05) is 24.3 Å². The average molecular weight is 278 g/mol. The quantitative estimate of drug-likeness (QED) is 0.678. The topological polar surface area (TPSA) is 55.2 Å². The van der Waals surface area contributed by atoms with E-state index in [0.717, 1.165) is 12.1 Å². The first-order valence-electron chi connectivity index (χ1n) is 5.94. The monoisotopic (exact) mass is 278 g/mol. The third kappa shape index (κ3) is 2.74. The van der Waals surface area contributed by atoms with Crippen LogP contribution in [0.2, 0.25) is 0 Å². The summed E-state index contributed by atoms with van der Waals surface area (Å²) >= 11 is 0. The molecule has 0 bridgehead atoms. The largest absolute Gasteiger partial charge is 0.374 e. The Bertz CT molecular complexity index is 627. The number of nitro groups is 1. The normalized spacial score (nSPS) is 11.9. The molecule has 1 unspecified atom stereocenters. The first-order valence-corrected chi connectivity index (χ1v) is 5.94. The van der Waals surface area contributed by atoms with Gasteiger partial charge in [0.05, 0.1) is 16.5 Å². The molecule has 1 N–H and O–H groups in total. The number of anilines is 1. The molecule has 2 aromatic rings. The summed E-state index contributed by atoms with van der Waals surface area (Å²) in [4.78, 5) is 10.4. The number of halogens is 2. The molecular weight excluding hydrogens is 266 g/mol. The van der Waals surface area contributed by atoms with Crippen LogP contribution in [0, 0.1) is 21.7 Å². The number of nitrogens with zero attached hydrogens (tertiary/aromatic N) is 1. The number of nitrogens with one attached hydrogen (secondary N) is 1. The van der Waals surface area contributed by atoms with Crippen molar-refractivity contribution in [2.45, 2.75) is 13.0 Å². The van der Waals surface area contributed by atoms with Crippen molar-refractivity contribution in [2.24, 2.45) is 0 Å². The third-order valence-corrected chi connectivity index (χ3v) is 2.92. The predicted octanol–water partition coefficient (Wildman–Crippen LogP) is 4.05. The van der Waals surface area contributed by atoms with Crippen LogP contribution in [0.1, 0.15) is 18.5 Å². The maximum absolute atomic E-state index is 13.5. The van der Waals surface area contributed by atoms with Crippen LogP contribution in [0.15, 0.2) is 42.5 Å². The molecule has 4 nitrogen and oxygen atoms in total. The van der Waals surface area contributed by atoms with Gasteiger partial charge in [0.2, 0.25) is 0 Å². The number of para-hydroxylation sites is 2. The Morgan fingerprint density at radius 3 is 2.30 bits per heavy atom. The first kappa shape index (κ1) is 13.9. The molecule has 0 saturated heterocycles. The van der Waals surface area contributed by atoms with Crippen LogP contribution < -0.4 is 5.32 Å². The van der Waals surface area contributed by atoms with Gasteiger partial charge in [0.15, 0.2) is 0 Å². The van der Waals surface area contributed by atoms with Crippen molar-refractivity contribution in [3.05, 3.63) is 69.8 Å². The van der Waals surface area contributed by atoms with Gasteiger partial charge in [0.1, 0.15) is 17.3 Å². The van der Waals surface area contributed by atoms with Crippen LogP contribution in [-0.2, 0) is 0 Å². The molecule has 0 aliphatic carbocycles. The fraction of sp³-hybridized carbons (Fsp3) is 0.143. The lowest BCUT2D eigenvalue weighted by molar-refractivity contribution is -0.385. The number of hydrogen-bond donors (Lipinski definition) is 1. The minimum Gasteiger partial charge on any atom is -0.374 e. The Morgan fingerprint density at radius 1 is 1.10 bits per heavy atom. The van der Waals surface area contributed by atoms with E-state index in [1.807, 2.05) is 0 Å². The molecule has 1 atom stereocenters. The molecule has 6 heteroatoms. The summed E-state index contributed by atoms with van der Waals surface area (Å²) in [6.45, 7) is 1.61. The molecule has 0 spiro atoms. The molecule has 0 saturated carbocycles. The molecule has 20 heavy (non-hydrogen) atoms. The molecule has 0 fully saturated rings. The van der Waals surface area contributed by atoms with Gasteiger partial charge in [0, 0.05) is 6.07 Å². The molecular formula is C14H12F2N2O2. The summed E-state index contributed by atoms with van der Waals surface area (Å²) in [7, 11) is 0. The highest BCUT2D eigenvalue weighted by molar-refractivity contribution is 5.51. The van der Waals surface area contributed by atoms with Gasteiger partial charge in [-0.25, -0.2) is 8.78 Å². The second kappa shape index (κ2) is 5.64. The van der Waals surface area contributed by atoms with E-state index in [2.05, 4.69) is 5.32 Å². The zero-order valence-corrected chi connectivity index (χ0v) is 10.6. The van der Waals surface area contributed by atoms with Gasteiger partial charge in [-0.2, -0.15) is 0 Å². The maximum Gasteiger partial charge on any atom is 0.274 e. The van der Waals surface area contributed by atoms with Crippen LogP contribution in [-0.4, -0.2) is 4.92 Å². The van der Waals surface area contributed by atoms with Crippen molar-refractivity contribution < 1.29 is 13.7 Å². The number of hydrogen-bond acceptors (Lipinski definition) is 3. The van der Waals surface area contributed by atoms with Crippen molar-refractivity contribution >= 4 is 11.4 Å². The zero-order valence-electron chi connectivity index (χ0n) is 10.6. The van der Waals surface area contributed by atoms with E-state index in [0.29, 0.717) is 5.56 Å². The van der Waals surface area contributed by atoms with Crippen LogP contribution in [0.5, 0.6) is 0 Å². The smallest absolute Gasteiger partial charge is 0.274 e. The molecule has 0 aliphatic rings. The zero-order chi connectivity index (χ0) is 14.7. The van der Waals surface area contributed by atoms with E-state index in [1.54, 1.807) is 19.1 Å². The lowest BCUT2D eigenvalue weighted by Crippen LogP contribution is -2.11. The SMILES string of the molecule is CC(Nc1c(F)cccc1F)c1ccccc1[N+](=O)[O-]. The van der Waals surface area contributed by atoms with E-state index in [9.17, 15) is 18.9 Å². The molecule has 104 valence electrons. The Balaban J connectivity index is 2.34. The highest BCUT2D eigenvalue weighted by Crippen LogP contribution is 2.29. The van der Waals surface area contributed by atoms with E-state index < -0.39 is 22.6 Å². The Hall–Kier alpha value is -2.50. The Kier molecular flexibility index (Phi) is 3.93. The van der Waals surface area contributed by atoms with Gasteiger partial charge in [0.25, 0.3) is 5.69 Å². The summed E-state index contributed by atoms with van der Waals surface area (Å²) in [6.07, 6.45) is 0. The number of benzene rings is 2. The highest BCUT2D eigenvalue weighted by atomic mass is 19.1. The summed E-state index contributed by atoms with van der Waals surface area (Å²) in [5, 5.41) is 13.6. The molecule has 0 amide bonds. The Labute approximate surface area is 114 Å². The standard InChI is InChI=1S/C14H12F2N2O2/c1-9(10-5-2-3-8-13(10)18(19)20)17-14-11(15)6-4-7-12(14)16/h2-9,17H,1H3. The minimum atomic E-state index is -0.740. The fourth-order valence-electron chi connectivity index (χ4n) is 1.95. The molecule has 2 rings (SSSR count). The second-order valence-corrected chi connectivity index (χ2v) is 4.28. The summed E-state index contributed by atoms with van der Waals surface area (Å²) in [6, 6.07) is 8.97. The number of rotatable bonds is 4. The van der Waals surface area contributed by atoms with Crippen LogP contribution in [0.4, 0.5) is 20.2 Å². The van der Waals surface area contributed by atoms with E-state index in [1.165, 1.54) is 18.2 Å². The fourth-order valence-corrected chi connectivity index (χ4v) is 1.95. The molecule has 0 radical (unpaired) electrons. The lowest BCUT2D eigenvalue weighted by Gasteiger charge is -2.16. The van der Waals surface area contributed by atoms with Crippen molar-refractivity contribution in [1.29, 1.82) is 0 Å². The van der Waals surface area contributed by atoms with Crippen molar-refractivity contribution in [3.63, 3.8) is 0 Å². The van der Waals surface area contributed by atoms with E-state index in [-0.39, 0.29) is 11.4 Å². The number of nitro benzene ring substituents is 1. The predicted molar refractivity (Wildman–Crippen MR) is 71.5 cm³/mol. The van der Waals surface area contributed by atoms with E-state index >= 15 is 0 Å². The first-order chi connectivity index (χ1) is 9.50. The van der Waals surface area contributed by atoms with Crippen LogP contribution in [0.3, 0.4) is 0 Å². The molecule has 0 heterocycles. The minimum absolute atomic E-state index is 0.0933. The Morgan fingerprint density at radius 2 is 1.70 bits per heavy atom. The molecule has 0 aliphatic heterocycles. The van der Waals surface area contributed by atoms with Crippen molar-refractivity contribution in [1.82, 2.24) is 0 Å². The van der Waals surface area contributed by atoms with Gasteiger partial charge in [-0.05, 0) is 19.1 Å². The van der Waals surface area contributed by atoms with Crippen LogP contribution in [0.25, 0.3) is 0 Å². The molecule has 2 aromatic carbocycles. The average Bonchev–Trinajstić information content (AvgIpc) is 2.43. The van der Waals surface area contributed by atoms with Gasteiger partial charge >= 0.3 is 0 Å². The summed E-state index contributed by atoms with van der Waals surface area (Å²) in [5.74, 6) is -1.48. The van der Waals surface area contributed by atoms with Gasteiger partial charge in [-0.3, -0.25) is 10.1 Å². The van der Waals surface area contributed by atoms with Crippen LogP contribution >= 0.6 is 0 Å². The summed E-state index contributed by atoms with van der Waals surface area (Å²) in [5.41, 5.74) is -0.0254. The van der Waals surface area contributed by atoms with Crippen molar-refractivity contribution in [2.75, 3.05) is 5.32 Å². The van der Waals surface area contributed by atoms with E-state index in [4.69, 9.17) is 0 Å². The van der Waals surface area contributed by atoms with Crippen molar-refractivity contribution in [3.8, 4) is 0 Å². The third-order valence-electron chi connectivity index (χ3n) is 2.92.